The fourth-order valence-corrected chi connectivity index (χ4v) is 3.68. The molecule has 4 rings (SSSR count). The highest BCUT2D eigenvalue weighted by Gasteiger charge is 2.21. The van der Waals surface area contributed by atoms with Crippen LogP contribution in [0.5, 0.6) is 0 Å². The molecule has 138 valence electrons. The summed E-state index contributed by atoms with van der Waals surface area (Å²) in [6.07, 6.45) is 3.57. The second kappa shape index (κ2) is 6.35. The highest BCUT2D eigenvalue weighted by atomic mass is 32.2. The van der Waals surface area contributed by atoms with E-state index in [1.165, 1.54) is 18.4 Å². The minimum atomic E-state index is -3.28. The number of hydrogen-bond acceptors (Lipinski definition) is 4. The van der Waals surface area contributed by atoms with Crippen molar-refractivity contribution in [3.05, 3.63) is 66.3 Å². The zero-order valence-electron chi connectivity index (χ0n) is 14.8. The summed E-state index contributed by atoms with van der Waals surface area (Å²) in [5, 5.41) is 4.67. The van der Waals surface area contributed by atoms with Gasteiger partial charge in [0.1, 0.15) is 17.8 Å². The van der Waals surface area contributed by atoms with E-state index >= 15 is 0 Å². The molecule has 2 aromatic carbocycles. The van der Waals surface area contributed by atoms with E-state index in [2.05, 4.69) is 5.10 Å². The number of hydrogen-bond donors (Lipinski definition) is 0. The van der Waals surface area contributed by atoms with Crippen LogP contribution in [0.4, 0.5) is 4.39 Å². The molecule has 0 amide bonds. The lowest BCUT2D eigenvalue weighted by atomic mass is 10.0. The predicted octanol–water partition coefficient (Wildman–Crippen LogP) is 4.37. The van der Waals surface area contributed by atoms with Crippen molar-refractivity contribution in [2.45, 2.75) is 18.2 Å². The van der Waals surface area contributed by atoms with E-state index in [-0.39, 0.29) is 10.7 Å². The Bertz CT molecular complexity index is 1220. The number of benzene rings is 2. The van der Waals surface area contributed by atoms with Crippen molar-refractivity contribution >= 4 is 15.6 Å². The van der Waals surface area contributed by atoms with Crippen LogP contribution in [0, 0.1) is 5.82 Å². The smallest absolute Gasteiger partial charge is 0.230 e. The highest BCUT2D eigenvalue weighted by molar-refractivity contribution is 7.90. The average molecular weight is 384 g/mol. The molecule has 2 heterocycles. The van der Waals surface area contributed by atoms with Gasteiger partial charge in [-0.15, -0.1) is 0 Å². The topological polar surface area (TPSA) is 64.6 Å². The van der Waals surface area contributed by atoms with E-state index in [1.807, 2.05) is 6.92 Å². The van der Waals surface area contributed by atoms with Gasteiger partial charge in [0.15, 0.2) is 9.84 Å². The van der Waals surface area contributed by atoms with Crippen LogP contribution in [0.25, 0.3) is 28.1 Å². The average Bonchev–Trinajstić information content (AvgIpc) is 3.20. The molecule has 0 fully saturated rings. The quantitative estimate of drug-likeness (QED) is 0.524. The lowest BCUT2D eigenvalue weighted by Crippen LogP contribution is -1.96. The molecule has 0 unspecified atom stereocenters. The molecule has 0 aliphatic carbocycles. The maximum absolute atomic E-state index is 13.3. The lowest BCUT2D eigenvalue weighted by Gasteiger charge is -2.04. The SMILES string of the molecule is CCc1coc2c(-c3ccc(S(C)(=O)=O)cc3)c(-c3ccc(F)cc3)nn12. The molecular weight excluding hydrogens is 367 g/mol. The number of sulfone groups is 1. The van der Waals surface area contributed by atoms with E-state index in [0.717, 1.165) is 28.8 Å². The van der Waals surface area contributed by atoms with Gasteiger partial charge in [0.2, 0.25) is 5.71 Å². The first-order chi connectivity index (χ1) is 12.9. The number of halogens is 1. The van der Waals surface area contributed by atoms with Crippen molar-refractivity contribution in [3.63, 3.8) is 0 Å². The summed E-state index contributed by atoms with van der Waals surface area (Å²) >= 11 is 0. The number of fused-ring (bicyclic) bond motifs is 1. The molecule has 5 nitrogen and oxygen atoms in total. The van der Waals surface area contributed by atoms with Crippen molar-refractivity contribution in [2.24, 2.45) is 0 Å². The van der Waals surface area contributed by atoms with Crippen LogP contribution < -0.4 is 0 Å². The van der Waals surface area contributed by atoms with Crippen LogP contribution >= 0.6 is 0 Å². The van der Waals surface area contributed by atoms with E-state index in [1.54, 1.807) is 47.2 Å². The summed E-state index contributed by atoms with van der Waals surface area (Å²) in [5.74, 6) is -0.324. The van der Waals surface area contributed by atoms with E-state index in [4.69, 9.17) is 4.42 Å². The van der Waals surface area contributed by atoms with Crippen LogP contribution in [0.3, 0.4) is 0 Å². The molecule has 7 heteroatoms. The summed E-state index contributed by atoms with van der Waals surface area (Å²) in [6, 6.07) is 12.7. The molecule has 0 aliphatic rings. The minimum absolute atomic E-state index is 0.242. The van der Waals surface area contributed by atoms with E-state index in [0.29, 0.717) is 11.4 Å². The number of nitrogens with zero attached hydrogens (tertiary/aromatic N) is 2. The van der Waals surface area contributed by atoms with Gasteiger partial charge in [-0.25, -0.2) is 17.3 Å². The zero-order chi connectivity index (χ0) is 19.2. The molecule has 4 aromatic rings. The molecule has 2 aromatic heterocycles. The van der Waals surface area contributed by atoms with Gasteiger partial charge >= 0.3 is 0 Å². The molecule has 0 saturated heterocycles. The lowest BCUT2D eigenvalue weighted by molar-refractivity contribution is 0.602. The Morgan fingerprint density at radius 2 is 1.67 bits per heavy atom. The van der Waals surface area contributed by atoms with E-state index in [9.17, 15) is 12.8 Å². The molecule has 0 radical (unpaired) electrons. The van der Waals surface area contributed by atoms with Crippen molar-refractivity contribution in [2.75, 3.05) is 6.26 Å². The van der Waals surface area contributed by atoms with Crippen molar-refractivity contribution in [1.82, 2.24) is 9.61 Å². The molecule has 0 saturated carbocycles. The molecule has 0 spiro atoms. The maximum Gasteiger partial charge on any atom is 0.230 e. The first-order valence-corrected chi connectivity index (χ1v) is 10.3. The van der Waals surface area contributed by atoms with Crippen LogP contribution in [-0.4, -0.2) is 24.3 Å². The summed E-state index contributed by atoms with van der Waals surface area (Å²) in [5.41, 5.74) is 4.39. The Morgan fingerprint density at radius 3 is 2.26 bits per heavy atom. The monoisotopic (exact) mass is 384 g/mol. The maximum atomic E-state index is 13.3. The number of oxazole rings is 1. The first kappa shape index (κ1) is 17.5. The summed E-state index contributed by atoms with van der Waals surface area (Å²) in [7, 11) is -3.28. The number of aryl methyl sites for hydroxylation is 1. The Balaban J connectivity index is 1.96. The van der Waals surface area contributed by atoms with Crippen LogP contribution in [0.1, 0.15) is 12.6 Å². The normalized spacial score (nSPS) is 12.0. The predicted molar refractivity (Wildman–Crippen MR) is 101 cm³/mol. The Kier molecular flexibility index (Phi) is 4.11. The summed E-state index contributed by atoms with van der Waals surface area (Å²) in [4.78, 5) is 0.242. The molecule has 0 atom stereocenters. The molecule has 0 N–H and O–H groups in total. The van der Waals surface area contributed by atoms with Gasteiger partial charge in [-0.05, 0) is 48.4 Å². The van der Waals surface area contributed by atoms with Gasteiger partial charge in [-0.1, -0.05) is 19.1 Å². The van der Waals surface area contributed by atoms with Gasteiger partial charge in [0.05, 0.1) is 16.2 Å². The highest BCUT2D eigenvalue weighted by Crippen LogP contribution is 2.36. The van der Waals surface area contributed by atoms with Gasteiger partial charge < -0.3 is 4.42 Å². The first-order valence-electron chi connectivity index (χ1n) is 8.44. The van der Waals surface area contributed by atoms with E-state index < -0.39 is 9.84 Å². The molecule has 0 bridgehead atoms. The van der Waals surface area contributed by atoms with Gasteiger partial charge in [-0.2, -0.15) is 5.10 Å². The van der Waals surface area contributed by atoms with Crippen molar-refractivity contribution < 1.29 is 17.2 Å². The van der Waals surface area contributed by atoms with Crippen LogP contribution in [-0.2, 0) is 16.3 Å². The fraction of sp³-hybridized carbons (Fsp3) is 0.150. The van der Waals surface area contributed by atoms with Gasteiger partial charge in [0, 0.05) is 11.8 Å². The third-order valence-corrected chi connectivity index (χ3v) is 5.60. The zero-order valence-corrected chi connectivity index (χ0v) is 15.6. The van der Waals surface area contributed by atoms with Gasteiger partial charge in [-0.3, -0.25) is 0 Å². The molecular formula is C20H17FN2O3S. The second-order valence-corrected chi connectivity index (χ2v) is 8.34. The Morgan fingerprint density at radius 1 is 1.04 bits per heavy atom. The Hall–Kier alpha value is -2.93. The second-order valence-electron chi connectivity index (χ2n) is 6.32. The standard InChI is InChI=1S/C20H17FN2O3S/c1-3-16-12-26-20-18(13-6-10-17(11-7-13)27(2,24)25)19(22-23(16)20)14-4-8-15(21)9-5-14/h4-12H,3H2,1-2H3. The fourth-order valence-electron chi connectivity index (χ4n) is 3.05. The number of aromatic nitrogens is 2. The minimum Gasteiger partial charge on any atom is -0.444 e. The van der Waals surface area contributed by atoms with Crippen LogP contribution in [0.15, 0.2) is 64.1 Å². The Labute approximate surface area is 156 Å². The van der Waals surface area contributed by atoms with Crippen molar-refractivity contribution in [3.8, 4) is 22.4 Å². The molecule has 27 heavy (non-hydrogen) atoms. The van der Waals surface area contributed by atoms with Crippen molar-refractivity contribution in [1.29, 1.82) is 0 Å². The summed E-state index contributed by atoms with van der Waals surface area (Å²) in [6.45, 7) is 2.00. The molecule has 0 aliphatic heterocycles. The summed E-state index contributed by atoms with van der Waals surface area (Å²) < 4.78 is 44.3. The number of rotatable bonds is 4. The van der Waals surface area contributed by atoms with Crippen LogP contribution in [0.2, 0.25) is 0 Å². The van der Waals surface area contributed by atoms with Gasteiger partial charge in [0.25, 0.3) is 0 Å². The third kappa shape index (κ3) is 3.04. The largest absolute Gasteiger partial charge is 0.444 e. The third-order valence-electron chi connectivity index (χ3n) is 4.47.